The number of halogens is 2. The molecule has 1 aliphatic rings. The number of benzene rings is 3. The van der Waals surface area contributed by atoms with Crippen molar-refractivity contribution in [2.24, 2.45) is 0 Å². The summed E-state index contributed by atoms with van der Waals surface area (Å²) in [6.45, 7) is 0.341. The summed E-state index contributed by atoms with van der Waals surface area (Å²) in [5.74, 6) is -0.731. The molecule has 0 aliphatic carbocycles. The van der Waals surface area contributed by atoms with Gasteiger partial charge < -0.3 is 9.88 Å². The van der Waals surface area contributed by atoms with Gasteiger partial charge in [-0.25, -0.2) is 14.1 Å². The van der Waals surface area contributed by atoms with Crippen LogP contribution in [-0.4, -0.2) is 16.5 Å². The minimum atomic E-state index is -0.529. The van der Waals surface area contributed by atoms with E-state index in [4.69, 9.17) is 11.6 Å². The lowest BCUT2D eigenvalue weighted by Crippen LogP contribution is -2.30. The Morgan fingerprint density at radius 1 is 0.938 bits per heavy atom. The molecule has 1 N–H and O–H groups in total. The molecule has 3 amide bonds. The van der Waals surface area contributed by atoms with Gasteiger partial charge in [-0.3, -0.25) is 4.79 Å². The summed E-state index contributed by atoms with van der Waals surface area (Å²) in [5, 5.41) is 4.05. The number of fused-ring (bicyclic) bond motifs is 1. The van der Waals surface area contributed by atoms with Crippen molar-refractivity contribution in [3.8, 4) is 0 Å². The summed E-state index contributed by atoms with van der Waals surface area (Å²) in [6.07, 6.45) is 3.50. The number of rotatable bonds is 4. The van der Waals surface area contributed by atoms with Crippen molar-refractivity contribution in [3.05, 3.63) is 107 Å². The highest BCUT2D eigenvalue weighted by Crippen LogP contribution is 2.28. The van der Waals surface area contributed by atoms with Crippen LogP contribution < -0.4 is 10.2 Å². The third kappa shape index (κ3) is 3.55. The van der Waals surface area contributed by atoms with Crippen LogP contribution in [0.5, 0.6) is 0 Å². The summed E-state index contributed by atoms with van der Waals surface area (Å²) >= 11 is 5.91. The second-order valence-corrected chi connectivity index (χ2v) is 7.86. The molecule has 0 atom stereocenters. The average Bonchev–Trinajstić information content (AvgIpc) is 3.27. The summed E-state index contributed by atoms with van der Waals surface area (Å²) in [7, 11) is 0. The van der Waals surface area contributed by atoms with Crippen molar-refractivity contribution in [2.45, 2.75) is 6.54 Å². The van der Waals surface area contributed by atoms with E-state index in [1.54, 1.807) is 48.5 Å². The molecule has 158 valence electrons. The molecule has 0 saturated carbocycles. The maximum atomic E-state index is 14.2. The molecule has 1 saturated heterocycles. The van der Waals surface area contributed by atoms with Crippen molar-refractivity contribution in [1.29, 1.82) is 0 Å². The number of hydrogen-bond donors (Lipinski definition) is 1. The van der Waals surface area contributed by atoms with Crippen LogP contribution in [0.2, 0.25) is 5.02 Å². The molecule has 3 aromatic carbocycles. The van der Waals surface area contributed by atoms with Gasteiger partial charge in [0.15, 0.2) is 0 Å². The van der Waals surface area contributed by atoms with Gasteiger partial charge >= 0.3 is 6.03 Å². The SMILES string of the molecule is O=C1N/C(=C/c2cn(Cc3ccccc3F)c3ccccc23)C(=O)N1c1ccc(Cl)cc1. The minimum absolute atomic E-state index is 0.166. The average molecular weight is 446 g/mol. The van der Waals surface area contributed by atoms with E-state index in [1.165, 1.54) is 6.07 Å². The summed E-state index contributed by atoms with van der Waals surface area (Å²) in [6, 6.07) is 20.2. The topological polar surface area (TPSA) is 54.3 Å². The van der Waals surface area contributed by atoms with Gasteiger partial charge in [-0.2, -0.15) is 0 Å². The van der Waals surface area contributed by atoms with E-state index >= 15 is 0 Å². The number of nitrogens with zero attached hydrogens (tertiary/aromatic N) is 2. The molecular formula is C25H17ClFN3O2. The van der Waals surface area contributed by atoms with Gasteiger partial charge in [0, 0.05) is 33.2 Å². The molecule has 1 fully saturated rings. The Balaban J connectivity index is 1.53. The lowest BCUT2D eigenvalue weighted by molar-refractivity contribution is -0.113. The number of para-hydroxylation sites is 1. The zero-order valence-electron chi connectivity index (χ0n) is 16.8. The van der Waals surface area contributed by atoms with E-state index in [0.29, 0.717) is 22.8 Å². The first-order valence-electron chi connectivity index (χ1n) is 9.95. The van der Waals surface area contributed by atoms with Crippen LogP contribution in [0.4, 0.5) is 14.9 Å². The van der Waals surface area contributed by atoms with Crippen LogP contribution in [0.15, 0.2) is 84.7 Å². The lowest BCUT2D eigenvalue weighted by atomic mass is 10.1. The van der Waals surface area contributed by atoms with Gasteiger partial charge in [-0.1, -0.05) is 48.0 Å². The fourth-order valence-electron chi connectivity index (χ4n) is 3.85. The predicted molar refractivity (Wildman–Crippen MR) is 123 cm³/mol. The van der Waals surface area contributed by atoms with Crippen LogP contribution in [0.3, 0.4) is 0 Å². The van der Waals surface area contributed by atoms with Crippen LogP contribution in [0, 0.1) is 5.82 Å². The first-order chi connectivity index (χ1) is 15.5. The van der Waals surface area contributed by atoms with Crippen molar-refractivity contribution in [3.63, 3.8) is 0 Å². The molecule has 0 unspecified atom stereocenters. The number of carbonyl (C=O) groups is 2. The van der Waals surface area contributed by atoms with Gasteiger partial charge in [0.05, 0.1) is 12.2 Å². The summed E-state index contributed by atoms with van der Waals surface area (Å²) in [4.78, 5) is 26.5. The maximum absolute atomic E-state index is 14.2. The number of urea groups is 1. The third-order valence-corrected chi connectivity index (χ3v) is 5.63. The third-order valence-electron chi connectivity index (χ3n) is 5.38. The highest BCUT2D eigenvalue weighted by atomic mass is 35.5. The van der Waals surface area contributed by atoms with Gasteiger partial charge in [0.2, 0.25) is 0 Å². The molecule has 5 nitrogen and oxygen atoms in total. The lowest BCUT2D eigenvalue weighted by Gasteiger charge is -2.11. The second kappa shape index (κ2) is 7.98. The van der Waals surface area contributed by atoms with E-state index < -0.39 is 11.9 Å². The largest absolute Gasteiger partial charge is 0.342 e. The van der Waals surface area contributed by atoms with Crippen LogP contribution in [-0.2, 0) is 11.3 Å². The Kier molecular flexibility index (Phi) is 4.99. The molecule has 32 heavy (non-hydrogen) atoms. The first-order valence-corrected chi connectivity index (χ1v) is 10.3. The molecule has 0 spiro atoms. The Bertz CT molecular complexity index is 1390. The van der Waals surface area contributed by atoms with Crippen LogP contribution in [0.1, 0.15) is 11.1 Å². The second-order valence-electron chi connectivity index (χ2n) is 7.43. The zero-order valence-corrected chi connectivity index (χ0v) is 17.5. The molecular weight excluding hydrogens is 429 g/mol. The number of hydrogen-bond acceptors (Lipinski definition) is 2. The maximum Gasteiger partial charge on any atom is 0.333 e. The van der Waals surface area contributed by atoms with Crippen molar-refractivity contribution in [1.82, 2.24) is 9.88 Å². The molecule has 7 heteroatoms. The molecule has 5 rings (SSSR count). The normalized spacial score (nSPS) is 15.1. The summed E-state index contributed by atoms with van der Waals surface area (Å²) < 4.78 is 16.1. The molecule has 2 heterocycles. The highest BCUT2D eigenvalue weighted by molar-refractivity contribution is 6.31. The fourth-order valence-corrected chi connectivity index (χ4v) is 3.97. The minimum Gasteiger partial charge on any atom is -0.342 e. The Hall–Kier alpha value is -3.90. The van der Waals surface area contributed by atoms with Gasteiger partial charge in [-0.15, -0.1) is 0 Å². The standard InChI is InChI=1S/C25H17ClFN3O2/c26-18-9-11-19(12-10-18)30-24(31)22(28-25(30)32)13-17-15-29(23-8-4-2-6-20(17)23)14-16-5-1-3-7-21(16)27/h1-13,15H,14H2,(H,28,32)/b22-13+. The fraction of sp³-hybridized carbons (Fsp3) is 0.0400. The number of aromatic nitrogens is 1. The van der Waals surface area contributed by atoms with E-state index in [0.717, 1.165) is 21.4 Å². The van der Waals surface area contributed by atoms with E-state index in [2.05, 4.69) is 5.32 Å². The van der Waals surface area contributed by atoms with E-state index in [1.807, 2.05) is 35.0 Å². The smallest absolute Gasteiger partial charge is 0.333 e. The van der Waals surface area contributed by atoms with Gasteiger partial charge in [0.1, 0.15) is 11.5 Å². The van der Waals surface area contributed by atoms with Gasteiger partial charge in [-0.05, 0) is 42.5 Å². The Morgan fingerprint density at radius 2 is 1.66 bits per heavy atom. The van der Waals surface area contributed by atoms with E-state index in [-0.39, 0.29) is 11.5 Å². The Labute approximate surface area is 188 Å². The first kappa shape index (κ1) is 20.0. The number of anilines is 1. The van der Waals surface area contributed by atoms with Crippen LogP contribution >= 0.6 is 11.6 Å². The number of amides is 3. The molecule has 0 radical (unpaired) electrons. The van der Waals surface area contributed by atoms with Gasteiger partial charge in [0.25, 0.3) is 5.91 Å². The van der Waals surface area contributed by atoms with Crippen molar-refractivity contribution in [2.75, 3.05) is 4.90 Å². The van der Waals surface area contributed by atoms with Crippen LogP contribution in [0.25, 0.3) is 17.0 Å². The number of carbonyl (C=O) groups excluding carboxylic acids is 2. The molecule has 1 aliphatic heterocycles. The highest BCUT2D eigenvalue weighted by Gasteiger charge is 2.35. The molecule has 1 aromatic heterocycles. The molecule has 4 aromatic rings. The van der Waals surface area contributed by atoms with Crippen molar-refractivity contribution < 1.29 is 14.0 Å². The summed E-state index contributed by atoms with van der Waals surface area (Å²) in [5.41, 5.74) is 2.81. The van der Waals surface area contributed by atoms with E-state index in [9.17, 15) is 14.0 Å². The number of nitrogens with one attached hydrogen (secondary N) is 1. The monoisotopic (exact) mass is 445 g/mol. The zero-order chi connectivity index (χ0) is 22.2. The Morgan fingerprint density at radius 3 is 2.44 bits per heavy atom. The predicted octanol–water partition coefficient (Wildman–Crippen LogP) is 5.58. The quantitative estimate of drug-likeness (QED) is 0.329. The number of imide groups is 1. The molecule has 0 bridgehead atoms. The van der Waals surface area contributed by atoms with Crippen molar-refractivity contribution >= 4 is 46.2 Å².